The van der Waals surface area contributed by atoms with Crippen LogP contribution in [0.5, 0.6) is 11.5 Å². The third-order valence-corrected chi connectivity index (χ3v) is 5.07. The summed E-state index contributed by atoms with van der Waals surface area (Å²) in [6.07, 6.45) is 3.64. The van der Waals surface area contributed by atoms with Crippen LogP contribution in [-0.4, -0.2) is 30.1 Å². The Balaban J connectivity index is 0.00000272. The van der Waals surface area contributed by atoms with E-state index in [-0.39, 0.29) is 24.3 Å². The number of hydrogen-bond acceptors (Lipinski definition) is 6. The lowest BCUT2D eigenvalue weighted by atomic mass is 9.79. The molecule has 1 unspecified atom stereocenters. The topological polar surface area (TPSA) is 111 Å². The number of fused-ring (bicyclic) bond motifs is 1. The third kappa shape index (κ3) is 4.99. The van der Waals surface area contributed by atoms with Crippen LogP contribution >= 0.6 is 12.4 Å². The van der Waals surface area contributed by atoms with E-state index in [0.717, 1.165) is 22.2 Å². The second kappa shape index (κ2) is 9.83. The second-order valence-corrected chi connectivity index (χ2v) is 7.07. The van der Waals surface area contributed by atoms with E-state index in [1.165, 1.54) is 0 Å². The third-order valence-electron chi connectivity index (χ3n) is 5.07. The van der Waals surface area contributed by atoms with E-state index in [0.29, 0.717) is 30.1 Å². The Kier molecular flexibility index (Phi) is 7.17. The van der Waals surface area contributed by atoms with E-state index in [2.05, 4.69) is 4.98 Å². The first-order chi connectivity index (χ1) is 14.5. The van der Waals surface area contributed by atoms with Gasteiger partial charge in [-0.15, -0.1) is 12.4 Å². The van der Waals surface area contributed by atoms with Gasteiger partial charge in [-0.1, -0.05) is 18.2 Å². The van der Waals surface area contributed by atoms with Gasteiger partial charge in [-0.2, -0.15) is 0 Å². The zero-order valence-electron chi connectivity index (χ0n) is 16.9. The average molecular weight is 440 g/mol. The number of rotatable bonds is 7. The summed E-state index contributed by atoms with van der Waals surface area (Å²) in [6, 6.07) is 14.8. The Morgan fingerprint density at radius 2 is 2.06 bits per heavy atom. The smallest absolute Gasteiger partial charge is 0.491 e. The maximum absolute atomic E-state index is 10.2. The first-order valence-corrected chi connectivity index (χ1v) is 9.55. The van der Waals surface area contributed by atoms with E-state index in [4.69, 9.17) is 25.3 Å². The van der Waals surface area contributed by atoms with Gasteiger partial charge in [-0.05, 0) is 46.9 Å². The molecule has 0 saturated heterocycles. The standard InChI is InChI=1S/C22H22BN3O4.ClH/c1-28-16-5-7-19-18(11-16)21(30-23(19)27)10-14-4-6-17(22(24)25)20(9-14)29-13-15-3-2-8-26-12-15;/h2-9,11-12,21,27H,10,13H2,1H3,(H3,24,25);1H. The maximum Gasteiger partial charge on any atom is 0.491 e. The van der Waals surface area contributed by atoms with Crippen LogP contribution in [0.2, 0.25) is 0 Å². The SMILES string of the molecule is COc1ccc2c(c1)C(Cc1ccc(C(=N)N)c(OCc3cccnc3)c1)OB2O.Cl. The highest BCUT2D eigenvalue weighted by Crippen LogP contribution is 2.31. The van der Waals surface area contributed by atoms with Gasteiger partial charge in [-0.25, -0.2) is 0 Å². The van der Waals surface area contributed by atoms with E-state index in [1.54, 1.807) is 31.6 Å². The van der Waals surface area contributed by atoms with Crippen molar-refractivity contribution in [3.8, 4) is 11.5 Å². The van der Waals surface area contributed by atoms with Gasteiger partial charge in [0.25, 0.3) is 0 Å². The molecule has 1 aliphatic heterocycles. The molecule has 9 heteroatoms. The number of nitrogens with zero attached hydrogens (tertiary/aromatic N) is 1. The molecule has 1 atom stereocenters. The van der Waals surface area contributed by atoms with E-state index < -0.39 is 7.12 Å². The van der Waals surface area contributed by atoms with Crippen LogP contribution in [0.25, 0.3) is 0 Å². The van der Waals surface area contributed by atoms with E-state index in [1.807, 2.05) is 36.4 Å². The summed E-state index contributed by atoms with van der Waals surface area (Å²) in [5.41, 5.74) is 9.75. The monoisotopic (exact) mass is 439 g/mol. The normalized spacial score (nSPS) is 14.5. The lowest BCUT2D eigenvalue weighted by molar-refractivity contribution is 0.190. The summed E-state index contributed by atoms with van der Waals surface area (Å²) in [6.45, 7) is 0.316. The van der Waals surface area contributed by atoms with Crippen molar-refractivity contribution in [1.82, 2.24) is 4.98 Å². The number of pyridine rings is 1. The highest BCUT2D eigenvalue weighted by atomic mass is 35.5. The van der Waals surface area contributed by atoms with Gasteiger partial charge < -0.3 is 24.9 Å². The summed E-state index contributed by atoms with van der Waals surface area (Å²) in [7, 11) is 0.642. The van der Waals surface area contributed by atoms with Crippen molar-refractivity contribution in [1.29, 1.82) is 5.41 Å². The molecule has 160 valence electrons. The summed E-state index contributed by atoms with van der Waals surface area (Å²) in [5.74, 6) is 1.17. The van der Waals surface area contributed by atoms with Gasteiger partial charge in [0.05, 0.1) is 18.8 Å². The summed E-state index contributed by atoms with van der Waals surface area (Å²) in [4.78, 5) is 4.09. The zero-order valence-corrected chi connectivity index (χ0v) is 17.8. The Morgan fingerprint density at radius 3 is 2.77 bits per heavy atom. The number of amidine groups is 1. The van der Waals surface area contributed by atoms with Crippen LogP contribution in [0.15, 0.2) is 60.9 Å². The van der Waals surface area contributed by atoms with Crippen molar-refractivity contribution >= 4 is 30.8 Å². The highest BCUT2D eigenvalue weighted by Gasteiger charge is 2.35. The minimum Gasteiger partial charge on any atom is -0.497 e. The number of nitrogens with two attached hydrogens (primary N) is 1. The predicted molar refractivity (Wildman–Crippen MR) is 121 cm³/mol. The lowest BCUT2D eigenvalue weighted by Crippen LogP contribution is -2.27. The minimum atomic E-state index is -0.964. The molecule has 0 spiro atoms. The van der Waals surface area contributed by atoms with Gasteiger partial charge in [0.1, 0.15) is 23.9 Å². The number of nitrogens with one attached hydrogen (secondary N) is 1. The molecule has 31 heavy (non-hydrogen) atoms. The van der Waals surface area contributed by atoms with Gasteiger partial charge in [0.2, 0.25) is 0 Å². The zero-order chi connectivity index (χ0) is 21.1. The predicted octanol–water partition coefficient (Wildman–Crippen LogP) is 2.38. The fourth-order valence-electron chi connectivity index (χ4n) is 3.54. The molecule has 2 aromatic carbocycles. The van der Waals surface area contributed by atoms with Gasteiger partial charge >= 0.3 is 7.12 Å². The quantitative estimate of drug-likeness (QED) is 0.296. The van der Waals surface area contributed by atoms with E-state index >= 15 is 0 Å². The molecule has 0 saturated carbocycles. The van der Waals surface area contributed by atoms with E-state index in [9.17, 15) is 5.02 Å². The van der Waals surface area contributed by atoms with Gasteiger partial charge in [-0.3, -0.25) is 10.4 Å². The van der Waals surface area contributed by atoms with Crippen molar-refractivity contribution in [3.63, 3.8) is 0 Å². The number of methoxy groups -OCH3 is 1. The number of hydrogen-bond donors (Lipinski definition) is 3. The fraction of sp³-hybridized carbons (Fsp3) is 0.182. The Morgan fingerprint density at radius 1 is 1.23 bits per heavy atom. The van der Waals surface area contributed by atoms with Crippen molar-refractivity contribution in [2.45, 2.75) is 19.1 Å². The molecule has 0 amide bonds. The van der Waals surface area contributed by atoms with Crippen LogP contribution in [0.3, 0.4) is 0 Å². The molecule has 0 fully saturated rings. The Labute approximate surface area is 187 Å². The molecular weight excluding hydrogens is 417 g/mol. The number of halogens is 1. The molecule has 1 aliphatic rings. The molecule has 0 bridgehead atoms. The fourth-order valence-corrected chi connectivity index (χ4v) is 3.54. The Bertz CT molecular complexity index is 1070. The molecule has 2 heterocycles. The lowest BCUT2D eigenvalue weighted by Gasteiger charge is -2.16. The first-order valence-electron chi connectivity index (χ1n) is 9.55. The molecule has 3 aromatic rings. The van der Waals surface area contributed by atoms with Crippen LogP contribution in [0.4, 0.5) is 0 Å². The highest BCUT2D eigenvalue weighted by molar-refractivity contribution is 6.61. The molecule has 7 nitrogen and oxygen atoms in total. The molecule has 0 radical (unpaired) electrons. The number of benzene rings is 2. The van der Waals surface area contributed by atoms with Crippen LogP contribution in [0.1, 0.15) is 28.4 Å². The first kappa shape index (κ1) is 22.6. The minimum absolute atomic E-state index is 0. The molecule has 4 rings (SSSR count). The van der Waals surface area contributed by atoms with Gasteiger partial charge in [0, 0.05) is 24.4 Å². The molecule has 4 N–H and O–H groups in total. The number of aromatic nitrogens is 1. The van der Waals surface area contributed by atoms with Crippen molar-refractivity contribution in [2.75, 3.05) is 7.11 Å². The van der Waals surface area contributed by atoms with Crippen molar-refractivity contribution < 1.29 is 19.2 Å². The largest absolute Gasteiger partial charge is 0.497 e. The summed E-state index contributed by atoms with van der Waals surface area (Å²) >= 11 is 0. The molecule has 1 aromatic heterocycles. The van der Waals surface area contributed by atoms with Crippen molar-refractivity contribution in [3.05, 3.63) is 83.2 Å². The van der Waals surface area contributed by atoms with Crippen LogP contribution < -0.4 is 20.7 Å². The van der Waals surface area contributed by atoms with Crippen molar-refractivity contribution in [2.24, 2.45) is 5.73 Å². The molecule has 0 aliphatic carbocycles. The summed E-state index contributed by atoms with van der Waals surface area (Å²) < 4.78 is 17.0. The molecular formula is C22H23BClN3O4. The maximum atomic E-state index is 10.2. The second-order valence-electron chi connectivity index (χ2n) is 7.07. The summed E-state index contributed by atoms with van der Waals surface area (Å²) in [5, 5.41) is 18.1. The Hall–Kier alpha value is -3.07. The van der Waals surface area contributed by atoms with Gasteiger partial charge in [0.15, 0.2) is 0 Å². The average Bonchev–Trinajstić information content (AvgIpc) is 3.07. The van der Waals surface area contributed by atoms with Crippen LogP contribution in [0, 0.1) is 5.41 Å². The number of nitrogen functional groups attached to an aromatic ring is 1. The number of ether oxygens (including phenoxy) is 2. The van der Waals surface area contributed by atoms with Crippen LogP contribution in [-0.2, 0) is 17.7 Å².